The molecule has 4 nitrogen and oxygen atoms in total. The van der Waals surface area contributed by atoms with Crippen LogP contribution >= 0.6 is 0 Å². The van der Waals surface area contributed by atoms with Crippen LogP contribution in [0.4, 0.5) is 0 Å². The zero-order chi connectivity index (χ0) is 9.03. The van der Waals surface area contributed by atoms with Crippen LogP contribution in [0.3, 0.4) is 0 Å². The van der Waals surface area contributed by atoms with Crippen LogP contribution in [0.1, 0.15) is 13.3 Å². The van der Waals surface area contributed by atoms with Gasteiger partial charge in [-0.25, -0.2) is 4.89 Å². The molecule has 0 bridgehead atoms. The normalized spacial score (nSPS) is 35.0. The van der Waals surface area contributed by atoms with Gasteiger partial charge in [-0.15, -0.1) is 0 Å². The van der Waals surface area contributed by atoms with Gasteiger partial charge in [-0.1, -0.05) is 6.08 Å². The Morgan fingerprint density at radius 3 is 2.92 bits per heavy atom. The van der Waals surface area contributed by atoms with Gasteiger partial charge in [0, 0.05) is 13.5 Å². The predicted octanol–water partition coefficient (Wildman–Crippen LogP) is 0.825. The number of hydrogen-bond donors (Lipinski definition) is 0. The highest BCUT2D eigenvalue weighted by atomic mass is 17.2. The highest BCUT2D eigenvalue weighted by Crippen LogP contribution is 2.21. The average Bonchev–Trinajstić information content (AvgIpc) is 2.10. The molecule has 0 unspecified atom stereocenters. The zero-order valence-corrected chi connectivity index (χ0v) is 7.15. The van der Waals surface area contributed by atoms with Gasteiger partial charge in [0.15, 0.2) is 0 Å². The quantitative estimate of drug-likeness (QED) is 0.359. The van der Waals surface area contributed by atoms with Crippen molar-refractivity contribution in [1.82, 2.24) is 0 Å². The molecule has 68 valence electrons. The van der Waals surface area contributed by atoms with Crippen molar-refractivity contribution in [2.24, 2.45) is 0 Å². The molecule has 0 saturated carbocycles. The molecule has 1 rings (SSSR count). The average molecular weight is 172 g/mol. The van der Waals surface area contributed by atoms with E-state index in [2.05, 4.69) is 0 Å². The van der Waals surface area contributed by atoms with Gasteiger partial charge in [0.25, 0.3) is 0 Å². The lowest BCUT2D eigenvalue weighted by atomic mass is 10.2. The van der Waals surface area contributed by atoms with E-state index in [0.29, 0.717) is 6.42 Å². The summed E-state index contributed by atoms with van der Waals surface area (Å²) in [6.07, 6.45) is 4.28. The van der Waals surface area contributed by atoms with Crippen LogP contribution in [-0.2, 0) is 19.3 Å². The summed E-state index contributed by atoms with van der Waals surface area (Å²) in [5, 5.41) is 0. The fourth-order valence-corrected chi connectivity index (χ4v) is 0.814. The van der Waals surface area contributed by atoms with Crippen LogP contribution in [0.5, 0.6) is 0 Å². The minimum absolute atomic E-state index is 0.286. The molecule has 2 atom stereocenters. The molecule has 0 aromatic rings. The topological polar surface area (TPSA) is 44.8 Å². The molecule has 1 aliphatic heterocycles. The molecule has 12 heavy (non-hydrogen) atoms. The minimum atomic E-state index is -0.820. The van der Waals surface area contributed by atoms with Gasteiger partial charge in [-0.05, 0) is 13.0 Å². The van der Waals surface area contributed by atoms with Crippen LogP contribution in [0, 0.1) is 0 Å². The molecule has 0 aromatic carbocycles. The summed E-state index contributed by atoms with van der Waals surface area (Å²) in [5.41, 5.74) is 0. The van der Waals surface area contributed by atoms with Gasteiger partial charge < -0.3 is 9.53 Å². The Kier molecular flexibility index (Phi) is 2.97. The molecule has 0 aliphatic carbocycles. The smallest absolute Gasteiger partial charge is 0.217 e. The summed E-state index contributed by atoms with van der Waals surface area (Å²) in [4.78, 5) is 19.9. The highest BCUT2D eigenvalue weighted by molar-refractivity contribution is 5.50. The van der Waals surface area contributed by atoms with Gasteiger partial charge in [0.1, 0.15) is 12.4 Å². The lowest BCUT2D eigenvalue weighted by molar-refractivity contribution is -0.421. The Hall–Kier alpha value is -0.710. The van der Waals surface area contributed by atoms with Crippen LogP contribution in [-0.4, -0.2) is 25.3 Å². The number of rotatable bonds is 3. The summed E-state index contributed by atoms with van der Waals surface area (Å²) in [6.45, 7) is 1.72. The number of carbonyl (C=O) groups is 1. The first-order valence-electron chi connectivity index (χ1n) is 3.73. The summed E-state index contributed by atoms with van der Waals surface area (Å²) in [5.74, 6) is -0.820. The van der Waals surface area contributed by atoms with E-state index >= 15 is 0 Å². The Bertz CT molecular complexity index is 189. The third-order valence-corrected chi connectivity index (χ3v) is 1.68. The standard InChI is InChI=1S/C8H12O4/c1-8(10-2)5-3-7(4-6-9)11-12-8/h3,5-7H,4H2,1-2H3/t7-,8-/m0/s1. The molecule has 0 radical (unpaired) electrons. The summed E-state index contributed by atoms with van der Waals surface area (Å²) < 4.78 is 4.98. The first kappa shape index (κ1) is 9.38. The lowest BCUT2D eigenvalue weighted by Gasteiger charge is -2.28. The zero-order valence-electron chi connectivity index (χ0n) is 7.15. The van der Waals surface area contributed by atoms with E-state index < -0.39 is 5.79 Å². The predicted molar refractivity (Wildman–Crippen MR) is 41.2 cm³/mol. The maximum atomic E-state index is 10.1. The van der Waals surface area contributed by atoms with Gasteiger partial charge in [0.05, 0.1) is 0 Å². The van der Waals surface area contributed by atoms with Crippen LogP contribution in [0.2, 0.25) is 0 Å². The minimum Gasteiger partial charge on any atom is -0.348 e. The second-order valence-corrected chi connectivity index (χ2v) is 2.70. The summed E-state index contributed by atoms with van der Waals surface area (Å²) >= 11 is 0. The molecule has 0 aromatic heterocycles. The maximum absolute atomic E-state index is 10.1. The van der Waals surface area contributed by atoms with E-state index in [-0.39, 0.29) is 6.10 Å². The van der Waals surface area contributed by atoms with Gasteiger partial charge in [-0.2, -0.15) is 4.89 Å². The molecule has 0 N–H and O–H groups in total. The molecule has 0 saturated heterocycles. The molecular weight excluding hydrogens is 160 g/mol. The fourth-order valence-electron chi connectivity index (χ4n) is 0.814. The Morgan fingerprint density at radius 1 is 1.75 bits per heavy atom. The monoisotopic (exact) mass is 172 g/mol. The van der Waals surface area contributed by atoms with E-state index in [1.807, 2.05) is 0 Å². The van der Waals surface area contributed by atoms with E-state index in [0.717, 1.165) is 6.29 Å². The SMILES string of the molecule is CO[C@]1(C)C=C[C@@H](CC=O)OO1. The van der Waals surface area contributed by atoms with E-state index in [1.54, 1.807) is 19.1 Å². The van der Waals surface area contributed by atoms with Crippen molar-refractivity contribution in [3.8, 4) is 0 Å². The number of ether oxygens (including phenoxy) is 1. The highest BCUT2D eigenvalue weighted by Gasteiger charge is 2.28. The third kappa shape index (κ3) is 2.14. The van der Waals surface area contributed by atoms with Crippen molar-refractivity contribution >= 4 is 6.29 Å². The molecule has 4 heteroatoms. The number of hydrogen-bond acceptors (Lipinski definition) is 4. The Labute approximate surface area is 71.0 Å². The van der Waals surface area contributed by atoms with Crippen molar-refractivity contribution in [2.75, 3.05) is 7.11 Å². The second-order valence-electron chi connectivity index (χ2n) is 2.70. The molecule has 0 fully saturated rings. The van der Waals surface area contributed by atoms with Crippen LogP contribution < -0.4 is 0 Å². The first-order chi connectivity index (χ1) is 5.70. The molecular formula is C8H12O4. The lowest BCUT2D eigenvalue weighted by Crippen LogP contribution is -2.34. The maximum Gasteiger partial charge on any atom is 0.217 e. The van der Waals surface area contributed by atoms with Gasteiger partial charge in [0.2, 0.25) is 5.79 Å². The number of aldehydes is 1. The Balaban J connectivity index is 2.52. The summed E-state index contributed by atoms with van der Waals surface area (Å²) in [7, 11) is 1.52. The van der Waals surface area contributed by atoms with E-state index in [9.17, 15) is 4.79 Å². The second kappa shape index (κ2) is 3.80. The number of carbonyl (C=O) groups excluding carboxylic acids is 1. The van der Waals surface area contributed by atoms with Gasteiger partial charge >= 0.3 is 0 Å². The molecule has 0 amide bonds. The van der Waals surface area contributed by atoms with Crippen molar-refractivity contribution in [3.63, 3.8) is 0 Å². The fraction of sp³-hybridized carbons (Fsp3) is 0.625. The number of methoxy groups -OCH3 is 1. The van der Waals surface area contributed by atoms with Gasteiger partial charge in [-0.3, -0.25) is 0 Å². The van der Waals surface area contributed by atoms with Crippen LogP contribution in [0.25, 0.3) is 0 Å². The van der Waals surface area contributed by atoms with Crippen molar-refractivity contribution in [3.05, 3.63) is 12.2 Å². The summed E-state index contributed by atoms with van der Waals surface area (Å²) in [6, 6.07) is 0. The van der Waals surface area contributed by atoms with Crippen molar-refractivity contribution in [2.45, 2.75) is 25.2 Å². The van der Waals surface area contributed by atoms with Crippen LogP contribution in [0.15, 0.2) is 12.2 Å². The molecule has 1 heterocycles. The van der Waals surface area contributed by atoms with E-state index in [4.69, 9.17) is 14.5 Å². The molecule has 1 aliphatic rings. The van der Waals surface area contributed by atoms with Crippen molar-refractivity contribution < 1.29 is 19.3 Å². The van der Waals surface area contributed by atoms with Crippen molar-refractivity contribution in [1.29, 1.82) is 0 Å². The Morgan fingerprint density at radius 2 is 2.50 bits per heavy atom. The first-order valence-corrected chi connectivity index (χ1v) is 3.73. The third-order valence-electron chi connectivity index (χ3n) is 1.68. The van der Waals surface area contributed by atoms with E-state index in [1.165, 1.54) is 7.11 Å². The molecule has 0 spiro atoms. The largest absolute Gasteiger partial charge is 0.348 e.